The van der Waals surface area contributed by atoms with E-state index in [1.54, 1.807) is 26.6 Å². The van der Waals surface area contributed by atoms with Crippen molar-refractivity contribution in [1.82, 2.24) is 19.2 Å². The summed E-state index contributed by atoms with van der Waals surface area (Å²) >= 11 is 1.40. The van der Waals surface area contributed by atoms with Crippen LogP contribution in [0.2, 0.25) is 0 Å². The Kier molecular flexibility index (Phi) is 5.78. The smallest absolute Gasteiger partial charge is 0.254 e. The Hall–Kier alpha value is -3.72. The molecule has 33 heavy (non-hydrogen) atoms. The lowest BCUT2D eigenvalue weighted by Gasteiger charge is -2.35. The van der Waals surface area contributed by atoms with Gasteiger partial charge in [-0.05, 0) is 54.0 Å². The second-order valence-corrected chi connectivity index (χ2v) is 8.42. The number of methoxy groups -OCH3 is 2. The van der Waals surface area contributed by atoms with E-state index in [0.717, 1.165) is 33.0 Å². The van der Waals surface area contributed by atoms with Gasteiger partial charge in [0.05, 0.1) is 14.2 Å². The molecule has 4 aromatic rings. The molecule has 5 rings (SSSR count). The molecule has 1 aliphatic heterocycles. The third-order valence-electron chi connectivity index (χ3n) is 5.78. The molecule has 0 saturated carbocycles. The summed E-state index contributed by atoms with van der Waals surface area (Å²) in [7, 11) is 3.25. The van der Waals surface area contributed by atoms with Crippen LogP contribution in [0.15, 0.2) is 54.9 Å². The van der Waals surface area contributed by atoms with Crippen molar-refractivity contribution in [2.45, 2.75) is 0 Å². The lowest BCUT2D eigenvalue weighted by Crippen LogP contribution is -2.49. The average molecular weight is 462 g/mol. The normalized spacial score (nSPS) is 13.9. The van der Waals surface area contributed by atoms with E-state index in [0.29, 0.717) is 37.5 Å². The summed E-state index contributed by atoms with van der Waals surface area (Å²) in [5.74, 6) is 2.36. The van der Waals surface area contributed by atoms with Gasteiger partial charge in [0, 0.05) is 37.3 Å². The molecule has 0 atom stereocenters. The van der Waals surface area contributed by atoms with Crippen molar-refractivity contribution in [2.24, 2.45) is 0 Å². The number of anilines is 1. The van der Waals surface area contributed by atoms with Crippen LogP contribution < -0.4 is 14.4 Å². The predicted molar refractivity (Wildman–Crippen MR) is 128 cm³/mol. The lowest BCUT2D eigenvalue weighted by atomic mass is 10.1. The van der Waals surface area contributed by atoms with Crippen LogP contribution in [-0.2, 0) is 0 Å². The van der Waals surface area contributed by atoms with E-state index in [1.807, 2.05) is 47.4 Å². The number of aromatic nitrogens is 3. The molecule has 0 spiro atoms. The monoisotopic (exact) mass is 461 g/mol. The van der Waals surface area contributed by atoms with Crippen molar-refractivity contribution in [1.29, 1.82) is 0 Å². The van der Waals surface area contributed by atoms with Crippen molar-refractivity contribution in [2.75, 3.05) is 45.3 Å². The summed E-state index contributed by atoms with van der Waals surface area (Å²) in [6, 6.07) is 15.1. The molecule has 2 aromatic heterocycles. The summed E-state index contributed by atoms with van der Waals surface area (Å²) in [5, 5.41) is 0. The molecule has 1 saturated heterocycles. The number of carbonyl (C=O) groups excluding carboxylic acids is 1. The fraction of sp³-hybridized carbons (Fsp3) is 0.250. The first-order valence-corrected chi connectivity index (χ1v) is 11.4. The molecule has 1 fully saturated rings. The molecule has 0 bridgehead atoms. The van der Waals surface area contributed by atoms with Crippen LogP contribution >= 0.6 is 11.5 Å². The molecule has 9 heteroatoms. The number of piperazine rings is 1. The van der Waals surface area contributed by atoms with Crippen molar-refractivity contribution in [3.8, 4) is 22.8 Å². The number of fused-ring (bicyclic) bond motifs is 1. The van der Waals surface area contributed by atoms with Gasteiger partial charge in [-0.15, -0.1) is 0 Å². The van der Waals surface area contributed by atoms with E-state index >= 15 is 0 Å². The van der Waals surface area contributed by atoms with Gasteiger partial charge in [0.1, 0.15) is 33.7 Å². The van der Waals surface area contributed by atoms with Crippen LogP contribution in [0, 0.1) is 0 Å². The average Bonchev–Trinajstić information content (AvgIpc) is 3.33. The van der Waals surface area contributed by atoms with Gasteiger partial charge < -0.3 is 19.3 Å². The van der Waals surface area contributed by atoms with E-state index in [9.17, 15) is 4.79 Å². The second kappa shape index (κ2) is 9.03. The van der Waals surface area contributed by atoms with E-state index in [1.165, 1.54) is 11.5 Å². The standard InChI is InChI=1S/C24H23N5O3S/c1-31-18-8-6-16(7-9-18)20-21-22(33-27-20)23(26-15-25-21)28-10-12-29(13-11-28)24(30)17-4-3-5-19(14-17)32-2/h3-9,14-15H,10-13H2,1-2H3. The fourth-order valence-electron chi connectivity index (χ4n) is 3.98. The minimum atomic E-state index is 0.0148. The van der Waals surface area contributed by atoms with Crippen LogP contribution in [0.25, 0.3) is 21.5 Å². The first-order valence-electron chi connectivity index (χ1n) is 10.6. The topological polar surface area (TPSA) is 80.7 Å². The highest BCUT2D eigenvalue weighted by atomic mass is 32.1. The molecule has 2 aromatic carbocycles. The molecule has 0 aliphatic carbocycles. The van der Waals surface area contributed by atoms with Crippen molar-refractivity contribution < 1.29 is 14.3 Å². The van der Waals surface area contributed by atoms with Gasteiger partial charge in [-0.1, -0.05) is 6.07 Å². The lowest BCUT2D eigenvalue weighted by molar-refractivity contribution is 0.0746. The van der Waals surface area contributed by atoms with Gasteiger partial charge in [0.2, 0.25) is 0 Å². The number of nitrogens with zero attached hydrogens (tertiary/aromatic N) is 5. The molecule has 1 amide bonds. The third-order valence-corrected chi connectivity index (χ3v) is 6.62. The number of amides is 1. The van der Waals surface area contributed by atoms with E-state index in [4.69, 9.17) is 9.47 Å². The summed E-state index contributed by atoms with van der Waals surface area (Å²) in [6.45, 7) is 2.62. The van der Waals surface area contributed by atoms with Crippen LogP contribution in [0.5, 0.6) is 11.5 Å². The highest BCUT2D eigenvalue weighted by Gasteiger charge is 2.25. The Balaban J connectivity index is 1.34. The maximum Gasteiger partial charge on any atom is 0.254 e. The zero-order valence-electron chi connectivity index (χ0n) is 18.4. The molecule has 0 radical (unpaired) electrons. The highest BCUT2D eigenvalue weighted by Crippen LogP contribution is 2.35. The van der Waals surface area contributed by atoms with Crippen LogP contribution in [0.4, 0.5) is 5.82 Å². The zero-order chi connectivity index (χ0) is 22.8. The van der Waals surface area contributed by atoms with Crippen molar-refractivity contribution in [3.05, 3.63) is 60.4 Å². The molecule has 0 N–H and O–H groups in total. The number of rotatable bonds is 5. The first kappa shape index (κ1) is 21.1. The Morgan fingerprint density at radius 2 is 1.70 bits per heavy atom. The summed E-state index contributed by atoms with van der Waals surface area (Å²) in [5.41, 5.74) is 3.30. The predicted octanol–water partition coefficient (Wildman–Crippen LogP) is 3.73. The Labute approximate surface area is 195 Å². The third kappa shape index (κ3) is 4.07. The zero-order valence-corrected chi connectivity index (χ0v) is 19.2. The quantitative estimate of drug-likeness (QED) is 0.448. The number of hydrogen-bond acceptors (Lipinski definition) is 8. The minimum absolute atomic E-state index is 0.0148. The van der Waals surface area contributed by atoms with Crippen LogP contribution in [0.1, 0.15) is 10.4 Å². The van der Waals surface area contributed by atoms with Gasteiger partial charge in [-0.25, -0.2) is 9.97 Å². The van der Waals surface area contributed by atoms with Crippen LogP contribution in [0.3, 0.4) is 0 Å². The highest BCUT2D eigenvalue weighted by molar-refractivity contribution is 7.14. The summed E-state index contributed by atoms with van der Waals surface area (Å²) < 4.78 is 16.1. The Morgan fingerprint density at radius 1 is 0.939 bits per heavy atom. The molecule has 0 unspecified atom stereocenters. The first-order chi connectivity index (χ1) is 16.2. The molecule has 8 nitrogen and oxygen atoms in total. The number of carbonyl (C=O) groups is 1. The van der Waals surface area contributed by atoms with Gasteiger partial charge >= 0.3 is 0 Å². The molecule has 3 heterocycles. The molecular formula is C24H23N5O3S. The van der Waals surface area contributed by atoms with E-state index < -0.39 is 0 Å². The molecule has 1 aliphatic rings. The minimum Gasteiger partial charge on any atom is -0.497 e. The van der Waals surface area contributed by atoms with Gasteiger partial charge in [-0.3, -0.25) is 4.79 Å². The van der Waals surface area contributed by atoms with Gasteiger partial charge in [0.15, 0.2) is 5.82 Å². The maximum absolute atomic E-state index is 12.9. The largest absolute Gasteiger partial charge is 0.497 e. The van der Waals surface area contributed by atoms with Gasteiger partial charge in [-0.2, -0.15) is 4.37 Å². The van der Waals surface area contributed by atoms with E-state index in [-0.39, 0.29) is 5.91 Å². The number of benzene rings is 2. The summed E-state index contributed by atoms with van der Waals surface area (Å²) in [4.78, 5) is 26.1. The van der Waals surface area contributed by atoms with Crippen molar-refractivity contribution >= 4 is 33.5 Å². The Morgan fingerprint density at radius 3 is 2.42 bits per heavy atom. The summed E-state index contributed by atoms with van der Waals surface area (Å²) in [6.07, 6.45) is 1.59. The second-order valence-electron chi connectivity index (χ2n) is 7.65. The van der Waals surface area contributed by atoms with Crippen LogP contribution in [-0.4, -0.2) is 65.5 Å². The SMILES string of the molecule is COc1ccc(-c2nsc3c(N4CCN(C(=O)c5cccc(OC)c5)CC4)ncnc23)cc1. The molecule has 168 valence electrons. The maximum atomic E-state index is 12.9. The van der Waals surface area contributed by atoms with Crippen molar-refractivity contribution in [3.63, 3.8) is 0 Å². The fourth-order valence-corrected chi connectivity index (χ4v) is 4.85. The number of hydrogen-bond donors (Lipinski definition) is 0. The molecular weight excluding hydrogens is 438 g/mol. The Bertz CT molecular complexity index is 1280. The van der Waals surface area contributed by atoms with E-state index in [2.05, 4.69) is 19.2 Å². The number of ether oxygens (including phenoxy) is 2. The van der Waals surface area contributed by atoms with Gasteiger partial charge in [0.25, 0.3) is 5.91 Å².